The van der Waals surface area contributed by atoms with Crippen LogP contribution in [0.3, 0.4) is 0 Å². The van der Waals surface area contributed by atoms with E-state index in [0.717, 1.165) is 23.7 Å². The predicted octanol–water partition coefficient (Wildman–Crippen LogP) is 11.7. The van der Waals surface area contributed by atoms with Crippen molar-refractivity contribution in [2.45, 2.75) is 140 Å². The highest BCUT2D eigenvalue weighted by atomic mass is 14.7. The van der Waals surface area contributed by atoms with Gasteiger partial charge in [0.1, 0.15) is 0 Å². The van der Waals surface area contributed by atoms with Gasteiger partial charge >= 0.3 is 0 Å². The monoisotopic (exact) mass is 494 g/mol. The van der Waals surface area contributed by atoms with Gasteiger partial charge in [0.05, 0.1) is 0 Å². The third-order valence-electron chi connectivity index (χ3n) is 11.3. The van der Waals surface area contributed by atoms with E-state index in [1.165, 1.54) is 75.3 Å². The minimum atomic E-state index is 0.559. The first-order valence-corrected chi connectivity index (χ1v) is 15.9. The summed E-state index contributed by atoms with van der Waals surface area (Å²) < 4.78 is 0. The molecule has 0 amide bonds. The molecule has 36 heavy (non-hydrogen) atoms. The van der Waals surface area contributed by atoms with Crippen LogP contribution in [-0.2, 0) is 0 Å². The van der Waals surface area contributed by atoms with E-state index >= 15 is 0 Å². The molecule has 7 atom stereocenters. The van der Waals surface area contributed by atoms with Gasteiger partial charge < -0.3 is 0 Å². The number of benzene rings is 1. The molecule has 1 aromatic rings. The number of allylic oxidation sites excluding steroid dienone is 2. The molecule has 4 aliphatic rings. The lowest BCUT2D eigenvalue weighted by molar-refractivity contribution is -0.153. The summed E-state index contributed by atoms with van der Waals surface area (Å²) in [5.41, 5.74) is 6.38. The normalized spacial score (nSPS) is 38.2. The first kappa shape index (κ1) is 31.2. The number of aryl methyl sites for hydroxylation is 2. The first-order chi connectivity index (χ1) is 17.1. The molecule has 0 heterocycles. The maximum atomic E-state index is 2.72. The quantitative estimate of drug-likeness (QED) is 0.358. The molecule has 3 saturated carbocycles. The lowest BCUT2D eigenvalue weighted by Crippen LogP contribution is -2.57. The minimum Gasteiger partial charge on any atom is -0.0845 e. The van der Waals surface area contributed by atoms with Gasteiger partial charge in [-0.1, -0.05) is 111 Å². The molecule has 1 aromatic carbocycles. The van der Waals surface area contributed by atoms with Crippen molar-refractivity contribution < 1.29 is 0 Å². The number of rotatable bonds is 2. The molecule has 0 aromatic heterocycles. The SMILES string of the molecule is CC.CC.CCCC1=CCC2C3CCC4(C)CC(C)CCC4(C)C3CCC12C.Cc1ccccc1C. The van der Waals surface area contributed by atoms with Crippen LogP contribution >= 0.6 is 0 Å². The second-order valence-corrected chi connectivity index (χ2v) is 13.0. The van der Waals surface area contributed by atoms with Gasteiger partial charge in [0.25, 0.3) is 0 Å². The maximum Gasteiger partial charge on any atom is -0.00823 e. The van der Waals surface area contributed by atoms with Crippen LogP contribution < -0.4 is 0 Å². The number of hydrogen-bond donors (Lipinski definition) is 0. The van der Waals surface area contributed by atoms with Crippen molar-refractivity contribution in [3.63, 3.8) is 0 Å². The van der Waals surface area contributed by atoms with Crippen LogP contribution in [0.5, 0.6) is 0 Å². The summed E-state index contributed by atoms with van der Waals surface area (Å²) in [4.78, 5) is 0. The predicted molar refractivity (Wildman–Crippen MR) is 162 cm³/mol. The molecule has 0 saturated heterocycles. The minimum absolute atomic E-state index is 0.559. The molecular formula is C36H62. The van der Waals surface area contributed by atoms with E-state index in [1.54, 1.807) is 0 Å². The van der Waals surface area contributed by atoms with Gasteiger partial charge in [0.15, 0.2) is 0 Å². The summed E-state index contributed by atoms with van der Waals surface area (Å²) in [6.07, 6.45) is 17.3. The Kier molecular flexibility index (Phi) is 11.4. The van der Waals surface area contributed by atoms with Crippen molar-refractivity contribution in [1.29, 1.82) is 0 Å². The molecule has 0 radical (unpaired) electrons. The van der Waals surface area contributed by atoms with Gasteiger partial charge in [-0.3, -0.25) is 0 Å². The van der Waals surface area contributed by atoms with Gasteiger partial charge in [0, 0.05) is 0 Å². The molecular weight excluding hydrogens is 432 g/mol. The van der Waals surface area contributed by atoms with Crippen LogP contribution in [0.25, 0.3) is 0 Å². The molecule has 7 unspecified atom stereocenters. The summed E-state index contributed by atoms with van der Waals surface area (Å²) in [5.74, 6) is 3.95. The van der Waals surface area contributed by atoms with Crippen LogP contribution in [0.1, 0.15) is 138 Å². The maximum absolute atomic E-state index is 2.72. The Balaban J connectivity index is 0.000000320. The molecule has 4 aliphatic carbocycles. The zero-order valence-electron chi connectivity index (χ0n) is 26.3. The Bertz CT molecular complexity index is 811. The van der Waals surface area contributed by atoms with E-state index in [2.05, 4.69) is 78.8 Å². The second-order valence-electron chi connectivity index (χ2n) is 13.0. The van der Waals surface area contributed by atoms with Gasteiger partial charge in [-0.25, -0.2) is 0 Å². The Hall–Kier alpha value is -1.04. The van der Waals surface area contributed by atoms with Crippen molar-refractivity contribution >= 4 is 0 Å². The highest BCUT2D eigenvalue weighted by Crippen LogP contribution is 2.70. The molecule has 0 N–H and O–H groups in total. The molecule has 206 valence electrons. The molecule has 5 rings (SSSR count). The van der Waals surface area contributed by atoms with Crippen LogP contribution in [0, 0.1) is 53.8 Å². The van der Waals surface area contributed by atoms with Crippen molar-refractivity contribution in [3.05, 3.63) is 47.0 Å². The standard InChI is InChI=1S/C24H40.C8H10.2C2H6/c1-6-7-18-8-9-20-19-11-13-22(3)16-17(2)10-15-24(22,5)21(19)12-14-23(18,20)4;1-7-5-3-4-6-8(7)2;2*1-2/h8,17,19-21H,6-7,9-16H2,1-5H3;3-6H,1-2H3;2*1-2H3. The van der Waals surface area contributed by atoms with Crippen molar-refractivity contribution in [3.8, 4) is 0 Å². The van der Waals surface area contributed by atoms with E-state index in [9.17, 15) is 0 Å². The number of hydrogen-bond acceptors (Lipinski definition) is 0. The fourth-order valence-electron chi connectivity index (χ4n) is 8.91. The summed E-state index contributed by atoms with van der Waals surface area (Å²) in [7, 11) is 0. The Morgan fingerprint density at radius 2 is 1.42 bits per heavy atom. The second kappa shape index (κ2) is 13.2. The third kappa shape index (κ3) is 5.83. The fraction of sp³-hybridized carbons (Fsp3) is 0.778. The molecule has 0 bridgehead atoms. The lowest BCUT2D eigenvalue weighted by atomic mass is 9.40. The summed E-state index contributed by atoms with van der Waals surface area (Å²) in [6, 6.07) is 8.36. The highest BCUT2D eigenvalue weighted by Gasteiger charge is 2.61. The highest BCUT2D eigenvalue weighted by molar-refractivity contribution is 5.26. The van der Waals surface area contributed by atoms with Crippen molar-refractivity contribution in [2.24, 2.45) is 39.9 Å². The summed E-state index contributed by atoms with van der Waals surface area (Å²) >= 11 is 0. The van der Waals surface area contributed by atoms with Crippen LogP contribution in [-0.4, -0.2) is 0 Å². The topological polar surface area (TPSA) is 0 Å². The Morgan fingerprint density at radius 3 is 1.97 bits per heavy atom. The smallest absolute Gasteiger partial charge is 0.00823 e. The number of fused-ring (bicyclic) bond motifs is 5. The fourth-order valence-corrected chi connectivity index (χ4v) is 8.91. The van der Waals surface area contributed by atoms with Gasteiger partial charge in [-0.05, 0) is 116 Å². The van der Waals surface area contributed by atoms with Gasteiger partial charge in [-0.15, -0.1) is 0 Å². The Labute approximate surface area is 227 Å². The van der Waals surface area contributed by atoms with Crippen molar-refractivity contribution in [1.82, 2.24) is 0 Å². The zero-order chi connectivity index (χ0) is 27.1. The molecule has 0 spiro atoms. The van der Waals surface area contributed by atoms with E-state index in [1.807, 2.05) is 33.3 Å². The lowest BCUT2D eigenvalue weighted by Gasteiger charge is -2.65. The van der Waals surface area contributed by atoms with Crippen LogP contribution in [0.2, 0.25) is 0 Å². The average molecular weight is 495 g/mol. The Morgan fingerprint density at radius 1 is 0.806 bits per heavy atom. The molecule has 3 fully saturated rings. The average Bonchev–Trinajstić information content (AvgIpc) is 3.21. The van der Waals surface area contributed by atoms with E-state index in [4.69, 9.17) is 0 Å². The summed E-state index contributed by atoms with van der Waals surface area (Å²) in [6.45, 7) is 25.1. The van der Waals surface area contributed by atoms with E-state index in [0.29, 0.717) is 16.2 Å². The first-order valence-electron chi connectivity index (χ1n) is 15.9. The largest absolute Gasteiger partial charge is 0.0845 e. The molecule has 0 nitrogen and oxygen atoms in total. The zero-order valence-corrected chi connectivity index (χ0v) is 26.3. The van der Waals surface area contributed by atoms with Crippen LogP contribution in [0.4, 0.5) is 0 Å². The third-order valence-corrected chi connectivity index (χ3v) is 11.3. The van der Waals surface area contributed by atoms with Gasteiger partial charge in [-0.2, -0.15) is 0 Å². The summed E-state index contributed by atoms with van der Waals surface area (Å²) in [5, 5.41) is 0. The van der Waals surface area contributed by atoms with Crippen molar-refractivity contribution in [2.75, 3.05) is 0 Å². The van der Waals surface area contributed by atoms with E-state index in [-0.39, 0.29) is 0 Å². The van der Waals surface area contributed by atoms with Crippen LogP contribution in [0.15, 0.2) is 35.9 Å². The molecule has 0 heteroatoms. The van der Waals surface area contributed by atoms with E-state index < -0.39 is 0 Å². The molecule has 0 aliphatic heterocycles. The van der Waals surface area contributed by atoms with Gasteiger partial charge in [0.2, 0.25) is 0 Å².